The average molecular weight is 404 g/mol. The van der Waals surface area contributed by atoms with E-state index in [0.717, 1.165) is 13.2 Å². The Kier molecular flexibility index (Phi) is 6.98. The first kappa shape index (κ1) is 21.6. The van der Waals surface area contributed by atoms with Crippen molar-refractivity contribution in [1.29, 1.82) is 0 Å². The zero-order chi connectivity index (χ0) is 21.0. The van der Waals surface area contributed by atoms with Crippen molar-refractivity contribution in [2.75, 3.05) is 25.5 Å². The van der Waals surface area contributed by atoms with Crippen molar-refractivity contribution >= 4 is 17.7 Å². The Hall–Kier alpha value is -2.65. The molecule has 0 spiro atoms. The second kappa shape index (κ2) is 9.03. The lowest BCUT2D eigenvalue weighted by Crippen LogP contribution is -2.46. The van der Waals surface area contributed by atoms with Crippen molar-refractivity contribution in [3.63, 3.8) is 0 Å². The van der Waals surface area contributed by atoms with Gasteiger partial charge in [0.25, 0.3) is 0 Å². The van der Waals surface area contributed by atoms with Crippen molar-refractivity contribution < 1.29 is 37.3 Å². The van der Waals surface area contributed by atoms with Gasteiger partial charge in [-0.15, -0.1) is 0 Å². The van der Waals surface area contributed by atoms with Crippen LogP contribution in [-0.4, -0.2) is 54.9 Å². The van der Waals surface area contributed by atoms with Crippen molar-refractivity contribution in [1.82, 2.24) is 4.90 Å². The predicted molar refractivity (Wildman–Crippen MR) is 94.3 cm³/mol. The highest BCUT2D eigenvalue weighted by Gasteiger charge is 2.32. The summed E-state index contributed by atoms with van der Waals surface area (Å²) in [5.74, 6) is -2.64. The number of carbonyl (C=O) groups excluding carboxylic acids is 1. The highest BCUT2D eigenvalue weighted by Crippen LogP contribution is 2.35. The van der Waals surface area contributed by atoms with Gasteiger partial charge in [0.05, 0.1) is 18.4 Å². The number of alkyl halides is 2. The summed E-state index contributed by atoms with van der Waals surface area (Å²) < 4.78 is 48.6. The number of hydrogen-bond donors (Lipinski definition) is 2. The Morgan fingerprint density at radius 2 is 2.04 bits per heavy atom. The second-order valence-corrected chi connectivity index (χ2v) is 6.80. The normalized spacial score (nSPS) is 20.6. The maximum Gasteiger partial charge on any atom is 0.407 e. The minimum absolute atomic E-state index is 0.000144. The van der Waals surface area contributed by atoms with Gasteiger partial charge in [0, 0.05) is 19.1 Å². The molecule has 1 amide bonds. The SMILES string of the molecule is COC(=O)c1cc(F)c(OC(F)F)c(NC(C)[C@H]2CCN(C(=O)O)C[C@H]2C)c1. The number of carbonyl (C=O) groups is 2. The quantitative estimate of drug-likeness (QED) is 0.704. The van der Waals surface area contributed by atoms with Crippen LogP contribution in [0.1, 0.15) is 30.6 Å². The molecule has 0 aromatic heterocycles. The molecule has 7 nitrogen and oxygen atoms in total. The largest absolute Gasteiger partial charge is 0.465 e. The second-order valence-electron chi connectivity index (χ2n) is 6.80. The number of halogens is 3. The van der Waals surface area contributed by atoms with Gasteiger partial charge in [0.15, 0.2) is 11.6 Å². The molecule has 1 fully saturated rings. The molecule has 1 saturated heterocycles. The van der Waals surface area contributed by atoms with Gasteiger partial charge in [0.1, 0.15) is 0 Å². The van der Waals surface area contributed by atoms with Crippen molar-refractivity contribution in [2.45, 2.75) is 32.9 Å². The van der Waals surface area contributed by atoms with Crippen molar-refractivity contribution in [3.8, 4) is 5.75 Å². The fourth-order valence-electron chi connectivity index (χ4n) is 3.58. The number of benzene rings is 1. The van der Waals surface area contributed by atoms with Gasteiger partial charge >= 0.3 is 18.7 Å². The minimum Gasteiger partial charge on any atom is -0.465 e. The molecular weight excluding hydrogens is 381 g/mol. The highest BCUT2D eigenvalue weighted by atomic mass is 19.3. The van der Waals surface area contributed by atoms with Crippen molar-refractivity contribution in [3.05, 3.63) is 23.5 Å². The number of methoxy groups -OCH3 is 1. The van der Waals surface area contributed by atoms with Crippen LogP contribution in [0.2, 0.25) is 0 Å². The monoisotopic (exact) mass is 404 g/mol. The van der Waals surface area contributed by atoms with Crippen LogP contribution in [0.4, 0.5) is 23.7 Å². The maximum absolute atomic E-state index is 14.3. The lowest BCUT2D eigenvalue weighted by atomic mass is 9.82. The summed E-state index contributed by atoms with van der Waals surface area (Å²) in [5, 5.41) is 12.1. The van der Waals surface area contributed by atoms with Crippen LogP contribution in [0, 0.1) is 17.7 Å². The lowest BCUT2D eigenvalue weighted by Gasteiger charge is -2.39. The van der Waals surface area contributed by atoms with E-state index in [1.165, 1.54) is 11.0 Å². The van der Waals surface area contributed by atoms with Gasteiger partial charge in [-0.1, -0.05) is 6.92 Å². The first-order valence-corrected chi connectivity index (χ1v) is 8.75. The van der Waals surface area contributed by atoms with Gasteiger partial charge in [0.2, 0.25) is 0 Å². The maximum atomic E-state index is 14.3. The summed E-state index contributed by atoms with van der Waals surface area (Å²) in [6.45, 7) is 1.11. The molecule has 0 saturated carbocycles. The van der Waals surface area contributed by atoms with E-state index in [9.17, 15) is 22.8 Å². The van der Waals surface area contributed by atoms with Gasteiger partial charge in [-0.2, -0.15) is 8.78 Å². The number of ether oxygens (including phenoxy) is 2. The molecule has 2 rings (SSSR count). The smallest absolute Gasteiger partial charge is 0.407 e. The molecule has 28 heavy (non-hydrogen) atoms. The van der Waals surface area contributed by atoms with E-state index in [1.54, 1.807) is 6.92 Å². The molecule has 1 aromatic carbocycles. The molecule has 1 aliphatic rings. The molecule has 2 N–H and O–H groups in total. The summed E-state index contributed by atoms with van der Waals surface area (Å²) >= 11 is 0. The first-order valence-electron chi connectivity index (χ1n) is 8.75. The Morgan fingerprint density at radius 1 is 1.36 bits per heavy atom. The minimum atomic E-state index is -3.24. The molecule has 156 valence electrons. The third-order valence-corrected chi connectivity index (χ3v) is 4.94. The van der Waals surface area contributed by atoms with E-state index >= 15 is 0 Å². The van der Waals surface area contributed by atoms with Gasteiger partial charge in [-0.25, -0.2) is 14.0 Å². The number of anilines is 1. The molecule has 1 heterocycles. The molecule has 10 heteroatoms. The number of amides is 1. The van der Waals surface area contributed by atoms with Crippen LogP contribution < -0.4 is 10.1 Å². The number of likely N-dealkylation sites (tertiary alicyclic amines) is 1. The number of carboxylic acid groups (broad SMARTS) is 1. The molecule has 0 aliphatic carbocycles. The van der Waals surface area contributed by atoms with Crippen LogP contribution >= 0.6 is 0 Å². The van der Waals surface area contributed by atoms with E-state index in [2.05, 4.69) is 14.8 Å². The number of esters is 1. The Balaban J connectivity index is 2.26. The van der Waals surface area contributed by atoms with Crippen LogP contribution in [0.25, 0.3) is 0 Å². The van der Waals surface area contributed by atoms with Gasteiger partial charge < -0.3 is 24.8 Å². The van der Waals surface area contributed by atoms with Gasteiger partial charge in [-0.3, -0.25) is 0 Å². The molecule has 3 atom stereocenters. The number of nitrogens with one attached hydrogen (secondary N) is 1. The number of rotatable bonds is 6. The third kappa shape index (κ3) is 4.99. The van der Waals surface area contributed by atoms with Gasteiger partial charge in [-0.05, 0) is 37.3 Å². The fourth-order valence-corrected chi connectivity index (χ4v) is 3.58. The standard InChI is InChI=1S/C18H23F3N2O5/c1-9-8-23(18(25)26)5-4-12(9)10(2)22-14-7-11(16(24)27-3)6-13(19)15(14)28-17(20)21/h6-7,9-10,12,17,22H,4-5,8H2,1-3H3,(H,25,26)/t9-,10?,12+/m1/s1. The summed E-state index contributed by atoms with van der Waals surface area (Å²) in [5.41, 5.74) is -0.244. The fraction of sp³-hybridized carbons (Fsp3) is 0.556. The molecule has 1 unspecified atom stereocenters. The Morgan fingerprint density at radius 3 is 2.57 bits per heavy atom. The van der Waals surface area contributed by atoms with Crippen LogP contribution in [-0.2, 0) is 4.74 Å². The molecular formula is C18H23F3N2O5. The number of piperidine rings is 1. The molecule has 1 aromatic rings. The average Bonchev–Trinajstić information content (AvgIpc) is 2.62. The van der Waals surface area contributed by atoms with Crippen LogP contribution in [0.5, 0.6) is 5.75 Å². The first-order chi connectivity index (χ1) is 13.1. The summed E-state index contributed by atoms with van der Waals surface area (Å²) in [4.78, 5) is 24.2. The molecule has 0 radical (unpaired) electrons. The number of nitrogens with zero attached hydrogens (tertiary/aromatic N) is 1. The van der Waals surface area contributed by atoms with E-state index in [-0.39, 0.29) is 29.1 Å². The predicted octanol–water partition coefficient (Wildman–Crippen LogP) is 3.65. The molecule has 1 aliphatic heterocycles. The highest BCUT2D eigenvalue weighted by molar-refractivity contribution is 5.91. The van der Waals surface area contributed by atoms with E-state index < -0.39 is 30.2 Å². The van der Waals surface area contributed by atoms with E-state index in [4.69, 9.17) is 5.11 Å². The summed E-state index contributed by atoms with van der Waals surface area (Å²) in [6.07, 6.45) is -0.447. The molecule has 0 bridgehead atoms. The summed E-state index contributed by atoms with van der Waals surface area (Å²) in [6, 6.07) is 1.64. The zero-order valence-electron chi connectivity index (χ0n) is 15.7. The Labute approximate surface area is 160 Å². The topological polar surface area (TPSA) is 88.1 Å². The Bertz CT molecular complexity index is 731. The number of hydrogen-bond acceptors (Lipinski definition) is 5. The van der Waals surface area contributed by atoms with Crippen LogP contribution in [0.15, 0.2) is 12.1 Å². The van der Waals surface area contributed by atoms with E-state index in [0.29, 0.717) is 19.5 Å². The van der Waals surface area contributed by atoms with Crippen molar-refractivity contribution in [2.24, 2.45) is 11.8 Å². The van der Waals surface area contributed by atoms with E-state index in [1.807, 2.05) is 6.92 Å². The summed E-state index contributed by atoms with van der Waals surface area (Å²) in [7, 11) is 1.12. The van der Waals surface area contributed by atoms with Crippen LogP contribution in [0.3, 0.4) is 0 Å². The lowest BCUT2D eigenvalue weighted by molar-refractivity contribution is -0.0517. The zero-order valence-corrected chi connectivity index (χ0v) is 15.7. The third-order valence-electron chi connectivity index (χ3n) is 4.94.